The van der Waals surface area contributed by atoms with Crippen molar-refractivity contribution in [3.63, 3.8) is 0 Å². The summed E-state index contributed by atoms with van der Waals surface area (Å²) in [5.41, 5.74) is 1.02. The number of halogens is 1. The molecule has 0 aromatic heterocycles. The van der Waals surface area contributed by atoms with Crippen molar-refractivity contribution in [2.45, 2.75) is 32.8 Å². The maximum Gasteiger partial charge on any atom is 0.271 e. The summed E-state index contributed by atoms with van der Waals surface area (Å²) in [5.74, 6) is 0.434. The number of ether oxygens (including phenoxy) is 1. The molecule has 1 atom stereocenters. The molecule has 0 unspecified atom stereocenters. The number of benzene rings is 2. The molecule has 0 aliphatic heterocycles. The zero-order valence-electron chi connectivity index (χ0n) is 14.2. The van der Waals surface area contributed by atoms with Crippen molar-refractivity contribution in [3.8, 4) is 5.75 Å². The lowest BCUT2D eigenvalue weighted by molar-refractivity contribution is -0.384. The van der Waals surface area contributed by atoms with Crippen LogP contribution in [0.4, 0.5) is 11.4 Å². The molecule has 0 saturated heterocycles. The Bertz CT molecular complexity index is 792. The fraction of sp³-hybridized carbons (Fsp3) is 0.278. The number of nitro groups is 1. The van der Waals surface area contributed by atoms with Crippen molar-refractivity contribution in [1.82, 2.24) is 0 Å². The molecule has 0 aliphatic carbocycles. The summed E-state index contributed by atoms with van der Waals surface area (Å²) in [6.45, 7) is 5.68. The summed E-state index contributed by atoms with van der Waals surface area (Å²) >= 11 is 6.00. The summed E-state index contributed by atoms with van der Waals surface area (Å²) in [6.07, 6.45) is -0.796. The van der Waals surface area contributed by atoms with E-state index in [4.69, 9.17) is 16.3 Å². The van der Waals surface area contributed by atoms with Crippen LogP contribution in [0, 0.1) is 10.1 Å². The van der Waals surface area contributed by atoms with Crippen LogP contribution >= 0.6 is 11.6 Å². The Kier molecular flexibility index (Phi) is 5.98. The second-order valence-corrected chi connectivity index (χ2v) is 6.27. The Balaban J connectivity index is 2.14. The van der Waals surface area contributed by atoms with Gasteiger partial charge < -0.3 is 10.1 Å². The number of non-ortho nitro benzene ring substituents is 1. The quantitative estimate of drug-likeness (QED) is 0.592. The first-order valence-electron chi connectivity index (χ1n) is 7.80. The first-order valence-corrected chi connectivity index (χ1v) is 8.17. The lowest BCUT2D eigenvalue weighted by Crippen LogP contribution is -2.30. The van der Waals surface area contributed by atoms with Crippen LogP contribution in [0.2, 0.25) is 5.02 Å². The Morgan fingerprint density at radius 3 is 2.52 bits per heavy atom. The van der Waals surface area contributed by atoms with Gasteiger partial charge in [0, 0.05) is 12.1 Å². The normalized spacial score (nSPS) is 11.9. The van der Waals surface area contributed by atoms with E-state index in [9.17, 15) is 14.9 Å². The second-order valence-electron chi connectivity index (χ2n) is 5.86. The fourth-order valence-electron chi connectivity index (χ4n) is 2.27. The van der Waals surface area contributed by atoms with Gasteiger partial charge in [0.25, 0.3) is 11.6 Å². The number of hydrogen-bond acceptors (Lipinski definition) is 4. The fourth-order valence-corrected chi connectivity index (χ4v) is 2.43. The molecule has 0 aliphatic rings. The SMILES string of the molecule is CC(C)c1ccccc1O[C@H](C)C(=O)Nc1cc([N+](=O)[O-])ccc1Cl. The van der Waals surface area contributed by atoms with Gasteiger partial charge in [-0.2, -0.15) is 0 Å². The molecule has 2 rings (SSSR count). The van der Waals surface area contributed by atoms with Crippen LogP contribution in [0.5, 0.6) is 5.75 Å². The van der Waals surface area contributed by atoms with Crippen LogP contribution in [0.15, 0.2) is 42.5 Å². The number of nitrogens with one attached hydrogen (secondary N) is 1. The summed E-state index contributed by atoms with van der Waals surface area (Å²) < 4.78 is 5.77. The van der Waals surface area contributed by atoms with Crippen molar-refractivity contribution in [2.24, 2.45) is 0 Å². The predicted octanol–water partition coefficient (Wildman–Crippen LogP) is 4.78. The number of amides is 1. The van der Waals surface area contributed by atoms with Crippen LogP contribution < -0.4 is 10.1 Å². The molecular weight excluding hydrogens is 344 g/mol. The standard InChI is InChI=1S/C18H19ClN2O4/c1-11(2)14-6-4-5-7-17(14)25-12(3)18(22)20-16-10-13(21(23)24)8-9-15(16)19/h4-12H,1-3H3,(H,20,22)/t12-/m1/s1. The molecule has 0 radical (unpaired) electrons. The number of nitro benzene ring substituents is 1. The average Bonchev–Trinajstić information content (AvgIpc) is 2.56. The smallest absolute Gasteiger partial charge is 0.271 e. The molecule has 7 heteroatoms. The van der Waals surface area contributed by atoms with E-state index in [0.29, 0.717) is 5.75 Å². The molecule has 2 aromatic rings. The number of carbonyl (C=O) groups is 1. The minimum atomic E-state index is -0.796. The van der Waals surface area contributed by atoms with E-state index >= 15 is 0 Å². The van der Waals surface area contributed by atoms with Crippen LogP contribution in [0.25, 0.3) is 0 Å². The Morgan fingerprint density at radius 1 is 1.20 bits per heavy atom. The highest BCUT2D eigenvalue weighted by Crippen LogP contribution is 2.28. The van der Waals surface area contributed by atoms with E-state index in [0.717, 1.165) is 5.56 Å². The maximum atomic E-state index is 12.4. The van der Waals surface area contributed by atoms with E-state index in [1.165, 1.54) is 18.2 Å². The average molecular weight is 363 g/mol. The first kappa shape index (κ1) is 18.7. The van der Waals surface area contributed by atoms with Crippen LogP contribution in [0.1, 0.15) is 32.3 Å². The molecular formula is C18H19ClN2O4. The minimum Gasteiger partial charge on any atom is -0.481 e. The van der Waals surface area contributed by atoms with Gasteiger partial charge in [-0.05, 0) is 30.5 Å². The summed E-state index contributed by atoms with van der Waals surface area (Å²) in [5, 5.41) is 13.6. The van der Waals surface area contributed by atoms with Gasteiger partial charge in [0.05, 0.1) is 15.6 Å². The molecule has 0 fully saturated rings. The molecule has 0 bridgehead atoms. The maximum absolute atomic E-state index is 12.4. The first-order chi connectivity index (χ1) is 11.8. The molecule has 6 nitrogen and oxygen atoms in total. The third-order valence-corrected chi connectivity index (χ3v) is 3.96. The van der Waals surface area contributed by atoms with Gasteiger partial charge in [-0.15, -0.1) is 0 Å². The third-order valence-electron chi connectivity index (χ3n) is 3.63. The number of anilines is 1. The van der Waals surface area contributed by atoms with Gasteiger partial charge in [-0.25, -0.2) is 0 Å². The van der Waals surface area contributed by atoms with Gasteiger partial charge in [-0.1, -0.05) is 43.6 Å². The molecule has 25 heavy (non-hydrogen) atoms. The van der Waals surface area contributed by atoms with Gasteiger partial charge >= 0.3 is 0 Å². The molecule has 0 heterocycles. The van der Waals surface area contributed by atoms with Crippen LogP contribution in [0.3, 0.4) is 0 Å². The van der Waals surface area contributed by atoms with Gasteiger partial charge in [0.2, 0.25) is 0 Å². The Hall–Kier alpha value is -2.60. The summed E-state index contributed by atoms with van der Waals surface area (Å²) in [7, 11) is 0. The molecule has 2 aromatic carbocycles. The summed E-state index contributed by atoms with van der Waals surface area (Å²) in [6, 6.07) is 11.4. The van der Waals surface area contributed by atoms with E-state index in [-0.39, 0.29) is 22.3 Å². The van der Waals surface area contributed by atoms with Crippen molar-refractivity contribution in [3.05, 3.63) is 63.2 Å². The van der Waals surface area contributed by atoms with E-state index in [2.05, 4.69) is 5.32 Å². The van der Waals surface area contributed by atoms with Crippen LogP contribution in [-0.4, -0.2) is 16.9 Å². The molecule has 132 valence electrons. The largest absolute Gasteiger partial charge is 0.481 e. The van der Waals surface area contributed by atoms with Crippen molar-refractivity contribution in [2.75, 3.05) is 5.32 Å². The van der Waals surface area contributed by atoms with Gasteiger partial charge in [0.1, 0.15) is 5.75 Å². The number of nitrogens with zero attached hydrogens (tertiary/aromatic N) is 1. The zero-order chi connectivity index (χ0) is 18.6. The summed E-state index contributed by atoms with van der Waals surface area (Å²) in [4.78, 5) is 22.7. The molecule has 0 saturated carbocycles. The highest BCUT2D eigenvalue weighted by molar-refractivity contribution is 6.33. The molecule has 1 N–H and O–H groups in total. The topological polar surface area (TPSA) is 81.5 Å². The Labute approximate surface area is 150 Å². The number of para-hydroxylation sites is 1. The van der Waals surface area contributed by atoms with Crippen molar-refractivity contribution in [1.29, 1.82) is 0 Å². The predicted molar refractivity (Wildman–Crippen MR) is 97.4 cm³/mol. The lowest BCUT2D eigenvalue weighted by Gasteiger charge is -2.19. The number of hydrogen-bond donors (Lipinski definition) is 1. The minimum absolute atomic E-state index is 0.154. The van der Waals surface area contributed by atoms with Crippen molar-refractivity contribution >= 4 is 28.9 Å². The number of carbonyl (C=O) groups excluding carboxylic acids is 1. The van der Waals surface area contributed by atoms with E-state index in [1.54, 1.807) is 13.0 Å². The molecule has 0 spiro atoms. The van der Waals surface area contributed by atoms with Gasteiger partial charge in [-0.3, -0.25) is 14.9 Å². The highest BCUT2D eigenvalue weighted by atomic mass is 35.5. The lowest BCUT2D eigenvalue weighted by atomic mass is 10.0. The van der Waals surface area contributed by atoms with Crippen LogP contribution in [-0.2, 0) is 4.79 Å². The van der Waals surface area contributed by atoms with Gasteiger partial charge in [0.15, 0.2) is 6.10 Å². The third kappa shape index (κ3) is 4.70. The highest BCUT2D eigenvalue weighted by Gasteiger charge is 2.19. The van der Waals surface area contributed by atoms with E-state index < -0.39 is 16.9 Å². The second kappa shape index (κ2) is 7.98. The van der Waals surface area contributed by atoms with Crippen molar-refractivity contribution < 1.29 is 14.5 Å². The molecule has 1 amide bonds. The Morgan fingerprint density at radius 2 is 1.88 bits per heavy atom. The monoisotopic (exact) mass is 362 g/mol. The zero-order valence-corrected chi connectivity index (χ0v) is 14.9. The number of rotatable bonds is 6. The van der Waals surface area contributed by atoms with E-state index in [1.807, 2.05) is 32.0 Å².